The van der Waals surface area contributed by atoms with Gasteiger partial charge in [-0.2, -0.15) is 0 Å². The van der Waals surface area contributed by atoms with E-state index in [2.05, 4.69) is 15.4 Å². The molecule has 1 unspecified atom stereocenters. The minimum absolute atomic E-state index is 0.0696. The quantitative estimate of drug-likeness (QED) is 0.253. The molecule has 2 fully saturated rings. The van der Waals surface area contributed by atoms with Gasteiger partial charge in [0.25, 0.3) is 0 Å². The zero-order chi connectivity index (χ0) is 29.2. The Morgan fingerprint density at radius 2 is 1.98 bits per heavy atom. The van der Waals surface area contributed by atoms with Crippen LogP contribution in [0.2, 0.25) is 5.02 Å². The topological polar surface area (TPSA) is 89.7 Å². The minimum atomic E-state index is -1.02. The average Bonchev–Trinajstić information content (AvgIpc) is 3.31. The molecule has 2 aromatic carbocycles. The summed E-state index contributed by atoms with van der Waals surface area (Å²) in [6, 6.07) is 13.4. The van der Waals surface area contributed by atoms with E-state index < -0.39 is 11.8 Å². The summed E-state index contributed by atoms with van der Waals surface area (Å²) in [6.07, 6.45) is 8.59. The minimum Gasteiger partial charge on any atom is -0.478 e. The Morgan fingerprint density at radius 1 is 1.17 bits per heavy atom. The molecule has 1 N–H and O–H groups in total. The molecule has 6 rings (SSSR count). The molecular formula is C32H30ClFN4O4. The van der Waals surface area contributed by atoms with Crippen LogP contribution in [-0.4, -0.2) is 56.3 Å². The highest BCUT2D eigenvalue weighted by Gasteiger charge is 2.27. The number of benzene rings is 2. The zero-order valence-corrected chi connectivity index (χ0v) is 23.7. The molecule has 0 aliphatic carbocycles. The van der Waals surface area contributed by atoms with Crippen LogP contribution in [-0.2, 0) is 24.4 Å². The predicted octanol–water partition coefficient (Wildman–Crippen LogP) is 5.65. The molecular weight excluding hydrogens is 559 g/mol. The Bertz CT molecular complexity index is 1670. The van der Waals surface area contributed by atoms with E-state index in [1.54, 1.807) is 24.3 Å². The fraction of sp³-hybridized carbons (Fsp3) is 0.344. The van der Waals surface area contributed by atoms with Gasteiger partial charge in [0.1, 0.15) is 23.8 Å². The number of terminal acetylenes is 1. The summed E-state index contributed by atoms with van der Waals surface area (Å²) in [5.74, 6) is 2.77. The Kier molecular flexibility index (Phi) is 8.11. The number of imidazole rings is 1. The van der Waals surface area contributed by atoms with Gasteiger partial charge in [0.15, 0.2) is 0 Å². The lowest BCUT2D eigenvalue weighted by Crippen LogP contribution is -2.35. The van der Waals surface area contributed by atoms with E-state index in [1.807, 2.05) is 12.1 Å². The summed E-state index contributed by atoms with van der Waals surface area (Å²) in [5, 5.41) is 9.98. The highest BCUT2D eigenvalue weighted by molar-refractivity contribution is 6.30. The van der Waals surface area contributed by atoms with Crippen molar-refractivity contribution in [3.05, 3.63) is 87.6 Å². The maximum atomic E-state index is 14.1. The van der Waals surface area contributed by atoms with Crippen molar-refractivity contribution < 1.29 is 23.8 Å². The van der Waals surface area contributed by atoms with Gasteiger partial charge in [-0.3, -0.25) is 4.90 Å². The maximum Gasteiger partial charge on any atom is 0.335 e. The standard InChI is InChI=1S/C32H30ClFN4O4/c1-2-20-14-23(32(39)40)15-28-31(20)36-29(38(28)17-25-10-13-41-25)18-37-11-8-21(9-12-37)27-4-3-5-30(35-27)42-19-22-6-7-24(33)16-26(22)34/h1,3-7,14-16,21,25H,8-13,17-19H2,(H,39,40). The van der Waals surface area contributed by atoms with Crippen LogP contribution in [0.4, 0.5) is 4.39 Å². The van der Waals surface area contributed by atoms with E-state index in [0.717, 1.165) is 56.0 Å². The van der Waals surface area contributed by atoms with Gasteiger partial charge in [-0.15, -0.1) is 6.42 Å². The number of hydrogen-bond donors (Lipinski definition) is 1. The summed E-state index contributed by atoms with van der Waals surface area (Å²) in [4.78, 5) is 23.7. The van der Waals surface area contributed by atoms with Gasteiger partial charge in [-0.05, 0) is 62.7 Å². The van der Waals surface area contributed by atoms with Crippen LogP contribution in [0.25, 0.3) is 11.0 Å². The van der Waals surface area contributed by atoms with Crippen molar-refractivity contribution >= 4 is 28.6 Å². The number of nitrogens with zero attached hydrogens (tertiary/aromatic N) is 4. The fourth-order valence-electron chi connectivity index (χ4n) is 5.58. The smallest absolute Gasteiger partial charge is 0.335 e. The van der Waals surface area contributed by atoms with E-state index in [9.17, 15) is 14.3 Å². The van der Waals surface area contributed by atoms with Crippen molar-refractivity contribution in [1.82, 2.24) is 19.4 Å². The number of rotatable bonds is 9. The summed E-state index contributed by atoms with van der Waals surface area (Å²) in [5.41, 5.74) is 3.37. The maximum absolute atomic E-state index is 14.1. The number of carbonyl (C=O) groups is 1. The van der Waals surface area contributed by atoms with E-state index in [0.29, 0.717) is 40.6 Å². The van der Waals surface area contributed by atoms with Crippen LogP contribution in [0, 0.1) is 18.2 Å². The Labute approximate surface area is 248 Å². The van der Waals surface area contributed by atoms with E-state index >= 15 is 0 Å². The first-order chi connectivity index (χ1) is 20.4. The number of halogens is 2. The second-order valence-corrected chi connectivity index (χ2v) is 11.2. The van der Waals surface area contributed by atoms with Crippen molar-refractivity contribution in [3.63, 3.8) is 0 Å². The zero-order valence-electron chi connectivity index (χ0n) is 22.9. The summed E-state index contributed by atoms with van der Waals surface area (Å²) < 4.78 is 27.7. The Balaban J connectivity index is 1.14. The molecule has 8 nitrogen and oxygen atoms in total. The molecule has 216 valence electrons. The largest absolute Gasteiger partial charge is 0.478 e. The number of likely N-dealkylation sites (tertiary alicyclic amines) is 1. The highest BCUT2D eigenvalue weighted by Crippen LogP contribution is 2.30. The molecule has 2 aliphatic heterocycles. The molecule has 1 atom stereocenters. The van der Waals surface area contributed by atoms with Crippen LogP contribution in [0.15, 0.2) is 48.5 Å². The first kappa shape index (κ1) is 28.2. The van der Waals surface area contributed by atoms with Gasteiger partial charge in [0, 0.05) is 34.9 Å². The lowest BCUT2D eigenvalue weighted by atomic mass is 9.93. The Morgan fingerprint density at radius 3 is 2.67 bits per heavy atom. The van der Waals surface area contributed by atoms with Crippen molar-refractivity contribution in [2.24, 2.45) is 0 Å². The average molecular weight is 589 g/mol. The van der Waals surface area contributed by atoms with Crippen molar-refractivity contribution in [3.8, 4) is 18.2 Å². The third-order valence-electron chi connectivity index (χ3n) is 8.02. The number of aromatic nitrogens is 3. The molecule has 0 radical (unpaired) electrons. The second kappa shape index (κ2) is 12.1. The van der Waals surface area contributed by atoms with Crippen molar-refractivity contribution in [2.45, 2.75) is 51.0 Å². The number of ether oxygens (including phenoxy) is 2. The lowest BCUT2D eigenvalue weighted by Gasteiger charge is -2.32. The first-order valence-corrected chi connectivity index (χ1v) is 14.4. The number of aromatic carboxylic acids is 1. The van der Waals surface area contributed by atoms with Crippen molar-refractivity contribution in [1.29, 1.82) is 0 Å². The number of carboxylic acid groups (broad SMARTS) is 1. The van der Waals surface area contributed by atoms with E-state index in [1.165, 1.54) is 12.1 Å². The lowest BCUT2D eigenvalue weighted by molar-refractivity contribution is -0.0592. The second-order valence-electron chi connectivity index (χ2n) is 10.7. The molecule has 0 bridgehead atoms. The molecule has 0 amide bonds. The van der Waals surface area contributed by atoms with Gasteiger partial charge in [-0.1, -0.05) is 29.7 Å². The normalized spacial score (nSPS) is 17.6. The summed E-state index contributed by atoms with van der Waals surface area (Å²) >= 11 is 5.85. The fourth-order valence-corrected chi connectivity index (χ4v) is 5.74. The SMILES string of the molecule is C#Cc1cc(C(=O)O)cc2c1nc(CN1CCC(c3cccc(OCc4ccc(Cl)cc4F)n3)CC1)n2CC1CCO1. The number of pyridine rings is 1. The third kappa shape index (κ3) is 5.97. The van der Waals surface area contributed by atoms with Crippen LogP contribution in [0.5, 0.6) is 5.88 Å². The highest BCUT2D eigenvalue weighted by atomic mass is 35.5. The van der Waals surface area contributed by atoms with Crippen LogP contribution >= 0.6 is 11.6 Å². The number of fused-ring (bicyclic) bond motifs is 1. The van der Waals surface area contributed by atoms with Crippen LogP contribution in [0.3, 0.4) is 0 Å². The molecule has 0 saturated carbocycles. The summed E-state index contributed by atoms with van der Waals surface area (Å²) in [7, 11) is 0. The number of carboxylic acids is 1. The van der Waals surface area contributed by atoms with E-state index in [-0.39, 0.29) is 24.2 Å². The molecule has 0 spiro atoms. The van der Waals surface area contributed by atoms with Gasteiger partial charge < -0.3 is 19.1 Å². The monoisotopic (exact) mass is 588 g/mol. The van der Waals surface area contributed by atoms with Gasteiger partial charge in [0.2, 0.25) is 5.88 Å². The third-order valence-corrected chi connectivity index (χ3v) is 8.26. The van der Waals surface area contributed by atoms with E-state index in [4.69, 9.17) is 37.5 Å². The van der Waals surface area contributed by atoms with Gasteiger partial charge >= 0.3 is 5.97 Å². The molecule has 4 heterocycles. The predicted molar refractivity (Wildman–Crippen MR) is 156 cm³/mol. The number of piperidine rings is 1. The van der Waals surface area contributed by atoms with Crippen molar-refractivity contribution in [2.75, 3.05) is 19.7 Å². The van der Waals surface area contributed by atoms with Gasteiger partial charge in [0.05, 0.1) is 35.8 Å². The number of hydrogen-bond acceptors (Lipinski definition) is 6. The molecule has 2 aliphatic rings. The van der Waals surface area contributed by atoms with Crippen LogP contribution < -0.4 is 4.74 Å². The first-order valence-electron chi connectivity index (χ1n) is 14.0. The Hall–Kier alpha value is -3.97. The molecule has 2 aromatic heterocycles. The summed E-state index contributed by atoms with van der Waals surface area (Å²) in [6.45, 7) is 3.71. The molecule has 42 heavy (non-hydrogen) atoms. The van der Waals surface area contributed by atoms with Gasteiger partial charge in [-0.25, -0.2) is 19.2 Å². The molecule has 10 heteroatoms. The van der Waals surface area contributed by atoms with Crippen LogP contribution in [0.1, 0.15) is 58.2 Å². The molecule has 4 aromatic rings. The molecule has 2 saturated heterocycles.